The number of benzene rings is 6. The van der Waals surface area contributed by atoms with Crippen LogP contribution in [0.2, 0.25) is 0 Å². The lowest BCUT2D eigenvalue weighted by Crippen LogP contribution is -2.00. The summed E-state index contributed by atoms with van der Waals surface area (Å²) in [5, 5.41) is 15.2. The minimum atomic E-state index is 0.640. The van der Waals surface area contributed by atoms with Crippen molar-refractivity contribution in [1.29, 1.82) is 5.26 Å². The average molecular weight is 510 g/mol. The van der Waals surface area contributed by atoms with E-state index in [2.05, 4.69) is 149 Å². The van der Waals surface area contributed by atoms with Crippen LogP contribution in [0.25, 0.3) is 66.1 Å². The van der Waals surface area contributed by atoms with Gasteiger partial charge in [0.05, 0.1) is 39.0 Å². The molecule has 0 atom stereocenters. The number of hydrogen-bond donors (Lipinski definition) is 0. The van der Waals surface area contributed by atoms with Crippen LogP contribution in [-0.4, -0.2) is 9.13 Å². The first-order valence-electron chi connectivity index (χ1n) is 13.4. The quantitative estimate of drug-likeness (QED) is 0.233. The van der Waals surface area contributed by atoms with E-state index >= 15 is 0 Å². The highest BCUT2D eigenvalue weighted by molar-refractivity contribution is 6.10. The van der Waals surface area contributed by atoms with Gasteiger partial charge in [-0.05, 0) is 48.0 Å². The maximum Gasteiger partial charge on any atom is 0.101 e. The van der Waals surface area contributed by atoms with Crippen molar-refractivity contribution in [3.63, 3.8) is 0 Å². The largest absolute Gasteiger partial charge is 0.309 e. The molecule has 0 aliphatic rings. The molecule has 40 heavy (non-hydrogen) atoms. The second-order valence-electron chi connectivity index (χ2n) is 10.1. The van der Waals surface area contributed by atoms with Crippen molar-refractivity contribution >= 4 is 43.6 Å². The van der Waals surface area contributed by atoms with Gasteiger partial charge < -0.3 is 9.13 Å². The Labute approximate surface area is 231 Å². The van der Waals surface area contributed by atoms with Gasteiger partial charge in [0, 0.05) is 27.1 Å². The zero-order valence-electron chi connectivity index (χ0n) is 21.6. The molecule has 8 rings (SSSR count). The molecule has 0 radical (unpaired) electrons. The van der Waals surface area contributed by atoms with E-state index in [-0.39, 0.29) is 0 Å². The number of hydrogen-bond acceptors (Lipinski definition) is 1. The first-order chi connectivity index (χ1) is 19.8. The highest BCUT2D eigenvalue weighted by Gasteiger charge is 2.18. The molecule has 0 bridgehead atoms. The SMILES string of the molecule is N#Cc1cc(-c2ccccc2-n2c3ccccc3c3ccccc32)ccc1-n1c2ccccc2c2ccccc21. The molecule has 2 aromatic heterocycles. The number of rotatable bonds is 3. The van der Waals surface area contributed by atoms with Gasteiger partial charge in [0.1, 0.15) is 6.07 Å². The van der Waals surface area contributed by atoms with Crippen molar-refractivity contribution in [2.45, 2.75) is 0 Å². The number of nitriles is 1. The molecule has 0 fully saturated rings. The maximum atomic E-state index is 10.4. The van der Waals surface area contributed by atoms with Gasteiger partial charge in [0.2, 0.25) is 0 Å². The zero-order chi connectivity index (χ0) is 26.6. The molecule has 0 saturated carbocycles. The first-order valence-corrected chi connectivity index (χ1v) is 13.4. The lowest BCUT2D eigenvalue weighted by molar-refractivity contribution is 1.16. The zero-order valence-corrected chi connectivity index (χ0v) is 21.6. The molecule has 0 aliphatic heterocycles. The third-order valence-electron chi connectivity index (χ3n) is 7.97. The second kappa shape index (κ2) is 8.73. The summed E-state index contributed by atoms with van der Waals surface area (Å²) in [6.07, 6.45) is 0. The molecule has 3 nitrogen and oxygen atoms in total. The third kappa shape index (κ3) is 3.17. The van der Waals surface area contributed by atoms with Gasteiger partial charge >= 0.3 is 0 Å². The van der Waals surface area contributed by atoms with Crippen molar-refractivity contribution < 1.29 is 0 Å². The summed E-state index contributed by atoms with van der Waals surface area (Å²) >= 11 is 0. The highest BCUT2D eigenvalue weighted by Crippen LogP contribution is 2.38. The van der Waals surface area contributed by atoms with E-state index in [1.807, 2.05) is 6.07 Å². The van der Waals surface area contributed by atoms with Gasteiger partial charge in [0.15, 0.2) is 0 Å². The summed E-state index contributed by atoms with van der Waals surface area (Å²) in [5.74, 6) is 0. The lowest BCUT2D eigenvalue weighted by atomic mass is 10.00. The Balaban J connectivity index is 1.37. The number of fused-ring (bicyclic) bond motifs is 6. The van der Waals surface area contributed by atoms with Gasteiger partial charge in [0.25, 0.3) is 0 Å². The molecule has 8 aromatic rings. The van der Waals surface area contributed by atoms with E-state index in [9.17, 15) is 5.26 Å². The van der Waals surface area contributed by atoms with Crippen LogP contribution >= 0.6 is 0 Å². The van der Waals surface area contributed by atoms with Gasteiger partial charge in [-0.25, -0.2) is 0 Å². The summed E-state index contributed by atoms with van der Waals surface area (Å²) in [6, 6.07) is 51.2. The van der Waals surface area contributed by atoms with Crippen LogP contribution in [0.4, 0.5) is 0 Å². The van der Waals surface area contributed by atoms with Crippen LogP contribution in [0.1, 0.15) is 5.56 Å². The molecule has 0 saturated heterocycles. The Bertz CT molecular complexity index is 2180. The first kappa shape index (κ1) is 22.4. The Kier molecular flexibility index (Phi) is 4.89. The molecular weight excluding hydrogens is 486 g/mol. The van der Waals surface area contributed by atoms with Crippen molar-refractivity contribution in [3.8, 4) is 28.6 Å². The molecule has 0 aliphatic carbocycles. The van der Waals surface area contributed by atoms with Crippen molar-refractivity contribution in [3.05, 3.63) is 145 Å². The summed E-state index contributed by atoms with van der Waals surface area (Å²) in [6.45, 7) is 0. The molecule has 0 N–H and O–H groups in total. The van der Waals surface area contributed by atoms with E-state index < -0.39 is 0 Å². The Morgan fingerprint density at radius 3 is 1.35 bits per heavy atom. The monoisotopic (exact) mass is 509 g/mol. The van der Waals surface area contributed by atoms with Gasteiger partial charge in [-0.15, -0.1) is 0 Å². The van der Waals surface area contributed by atoms with E-state index in [1.54, 1.807) is 0 Å². The fourth-order valence-electron chi connectivity index (χ4n) is 6.26. The molecule has 3 heteroatoms. The number of para-hydroxylation sites is 5. The Morgan fingerprint density at radius 1 is 0.425 bits per heavy atom. The van der Waals surface area contributed by atoms with Crippen LogP contribution in [0, 0.1) is 11.3 Å². The lowest BCUT2D eigenvalue weighted by Gasteiger charge is -2.16. The predicted octanol–water partition coefficient (Wildman–Crippen LogP) is 9.42. The summed E-state index contributed by atoms with van der Waals surface area (Å²) in [7, 11) is 0. The Hall–Kier alpha value is -5.59. The van der Waals surface area contributed by atoms with E-state index in [0.29, 0.717) is 5.56 Å². The minimum absolute atomic E-state index is 0.640. The Morgan fingerprint density at radius 2 is 0.850 bits per heavy atom. The molecule has 0 amide bonds. The molecule has 2 heterocycles. The molecular formula is C37H23N3. The summed E-state index contributed by atoms with van der Waals surface area (Å²) < 4.78 is 4.55. The fourth-order valence-corrected chi connectivity index (χ4v) is 6.26. The summed E-state index contributed by atoms with van der Waals surface area (Å²) in [5.41, 5.74) is 9.24. The highest BCUT2D eigenvalue weighted by atomic mass is 15.0. The molecule has 0 unspecified atom stereocenters. The third-order valence-corrected chi connectivity index (χ3v) is 7.97. The normalized spacial score (nSPS) is 11.5. The van der Waals surface area contributed by atoms with Crippen molar-refractivity contribution in [2.75, 3.05) is 0 Å². The van der Waals surface area contributed by atoms with Gasteiger partial charge in [-0.1, -0.05) is 97.1 Å². The van der Waals surface area contributed by atoms with Crippen LogP contribution in [-0.2, 0) is 0 Å². The molecule has 6 aromatic carbocycles. The number of aromatic nitrogens is 2. The van der Waals surface area contributed by atoms with Crippen LogP contribution < -0.4 is 0 Å². The van der Waals surface area contributed by atoms with Gasteiger partial charge in [-0.3, -0.25) is 0 Å². The molecule has 0 spiro atoms. The minimum Gasteiger partial charge on any atom is -0.309 e. The van der Waals surface area contributed by atoms with Crippen molar-refractivity contribution in [1.82, 2.24) is 9.13 Å². The fraction of sp³-hybridized carbons (Fsp3) is 0. The van der Waals surface area contributed by atoms with Crippen LogP contribution in [0.3, 0.4) is 0 Å². The van der Waals surface area contributed by atoms with Crippen molar-refractivity contribution in [2.24, 2.45) is 0 Å². The summed E-state index contributed by atoms with van der Waals surface area (Å²) in [4.78, 5) is 0. The standard InChI is InChI=1S/C37H23N3/c38-24-26-23-25(21-22-32(26)39-34-17-7-2-12-28(34)29-13-3-8-18-35(29)39)27-11-1-6-16-33(27)40-36-19-9-4-14-30(36)31-15-5-10-20-37(31)40/h1-23H. The predicted molar refractivity (Wildman–Crippen MR) is 165 cm³/mol. The van der Waals surface area contributed by atoms with E-state index in [1.165, 1.54) is 32.6 Å². The van der Waals surface area contributed by atoms with E-state index in [0.717, 1.165) is 33.5 Å². The van der Waals surface area contributed by atoms with Crippen LogP contribution in [0.15, 0.2) is 140 Å². The smallest absolute Gasteiger partial charge is 0.101 e. The van der Waals surface area contributed by atoms with Crippen LogP contribution in [0.5, 0.6) is 0 Å². The van der Waals surface area contributed by atoms with E-state index in [4.69, 9.17) is 0 Å². The second-order valence-corrected chi connectivity index (χ2v) is 10.1. The maximum absolute atomic E-state index is 10.4. The molecule has 186 valence electrons. The average Bonchev–Trinajstić information content (AvgIpc) is 3.54. The number of nitrogens with zero attached hydrogens (tertiary/aromatic N) is 3. The van der Waals surface area contributed by atoms with Gasteiger partial charge in [-0.2, -0.15) is 5.26 Å². The topological polar surface area (TPSA) is 33.6 Å².